The summed E-state index contributed by atoms with van der Waals surface area (Å²) in [5.41, 5.74) is 2.55. The number of ether oxygens (including phenoxy) is 2. The van der Waals surface area contributed by atoms with Crippen LogP contribution in [0.5, 0.6) is 5.75 Å². The molecule has 8 nitrogen and oxygen atoms in total. The van der Waals surface area contributed by atoms with E-state index >= 15 is 0 Å². The Morgan fingerprint density at radius 2 is 1.73 bits per heavy atom. The van der Waals surface area contributed by atoms with E-state index in [-0.39, 0.29) is 23.6 Å². The summed E-state index contributed by atoms with van der Waals surface area (Å²) in [6, 6.07) is 10.8. The molecule has 1 saturated carbocycles. The van der Waals surface area contributed by atoms with Crippen molar-refractivity contribution in [3.05, 3.63) is 59.2 Å². The number of nitrogens with zero attached hydrogens (tertiary/aromatic N) is 1. The fourth-order valence-electron chi connectivity index (χ4n) is 4.06. The van der Waals surface area contributed by atoms with Crippen LogP contribution in [0.15, 0.2) is 42.5 Å². The van der Waals surface area contributed by atoms with Gasteiger partial charge in [0.15, 0.2) is 0 Å². The summed E-state index contributed by atoms with van der Waals surface area (Å²) in [6.07, 6.45) is 0.838. The number of thiol groups is 1. The molecular formula is C28H37N3O5S. The van der Waals surface area contributed by atoms with Gasteiger partial charge in [-0.25, -0.2) is 4.79 Å². The lowest BCUT2D eigenvalue weighted by atomic mass is 9.95. The molecule has 2 atom stereocenters. The number of benzene rings is 2. The van der Waals surface area contributed by atoms with Gasteiger partial charge >= 0.3 is 6.09 Å². The first-order valence-electron chi connectivity index (χ1n) is 12.4. The van der Waals surface area contributed by atoms with E-state index in [1.165, 1.54) is 0 Å². The fourth-order valence-corrected chi connectivity index (χ4v) is 4.31. The quantitative estimate of drug-likeness (QED) is 0.407. The van der Waals surface area contributed by atoms with Crippen molar-refractivity contribution in [3.63, 3.8) is 0 Å². The number of hydrogen-bond donors (Lipinski definition) is 3. The number of methoxy groups -OCH3 is 1. The zero-order chi connectivity index (χ0) is 27.3. The van der Waals surface area contributed by atoms with Crippen molar-refractivity contribution < 1.29 is 23.9 Å². The van der Waals surface area contributed by atoms with Gasteiger partial charge in [-0.3, -0.25) is 9.59 Å². The third-order valence-corrected chi connectivity index (χ3v) is 6.56. The smallest absolute Gasteiger partial charge is 0.408 e. The Bertz CT molecular complexity index is 1130. The maximum Gasteiger partial charge on any atom is 0.408 e. The number of nitrogens with one attached hydrogen (secondary N) is 2. The minimum Gasteiger partial charge on any atom is -0.497 e. The van der Waals surface area contributed by atoms with Crippen LogP contribution < -0.4 is 15.4 Å². The lowest BCUT2D eigenvalue weighted by molar-refractivity contribution is -0.141. The summed E-state index contributed by atoms with van der Waals surface area (Å²) in [6.45, 7) is 9.17. The Labute approximate surface area is 224 Å². The van der Waals surface area contributed by atoms with Crippen LogP contribution in [-0.2, 0) is 14.3 Å². The average Bonchev–Trinajstić information content (AvgIpc) is 3.67. The maximum absolute atomic E-state index is 13.9. The lowest BCUT2D eigenvalue weighted by Gasteiger charge is -2.35. The minimum absolute atomic E-state index is 0.0565. The van der Waals surface area contributed by atoms with Crippen molar-refractivity contribution in [1.29, 1.82) is 0 Å². The summed E-state index contributed by atoms with van der Waals surface area (Å²) >= 11 is 4.34. The maximum atomic E-state index is 13.9. The Balaban J connectivity index is 1.97. The molecule has 2 N–H and O–H groups in total. The SMILES string of the molecule is COc1ccc(NC(=O)C(c2cccc(C)c2C)N(C(=O)C(CS)NC(=O)OC(C)(C)C)C2CC2)cc1. The molecule has 0 heterocycles. The topological polar surface area (TPSA) is 97.0 Å². The number of hydrogen-bond acceptors (Lipinski definition) is 6. The second kappa shape index (κ2) is 11.9. The van der Waals surface area contributed by atoms with Gasteiger partial charge in [0.1, 0.15) is 23.4 Å². The van der Waals surface area contributed by atoms with Crippen molar-refractivity contribution in [2.45, 2.75) is 71.2 Å². The van der Waals surface area contributed by atoms with Gasteiger partial charge in [0, 0.05) is 17.5 Å². The molecule has 0 radical (unpaired) electrons. The van der Waals surface area contributed by atoms with Crippen molar-refractivity contribution >= 4 is 36.2 Å². The standard InChI is InChI=1S/C28H37N3O5S/c1-17-8-7-9-22(18(17)2)24(25(32)29-19-10-14-21(35-6)15-11-19)31(20-12-13-20)26(33)23(16-37)30-27(34)36-28(3,4)5/h7-11,14-15,20,23-24,37H,12-13,16H2,1-6H3,(H,29,32)(H,30,34). The summed E-state index contributed by atoms with van der Waals surface area (Å²) < 4.78 is 10.6. The molecule has 1 fully saturated rings. The van der Waals surface area contributed by atoms with E-state index < -0.39 is 23.8 Å². The lowest BCUT2D eigenvalue weighted by Crippen LogP contribution is -2.54. The number of aryl methyl sites for hydroxylation is 1. The molecule has 0 saturated heterocycles. The molecule has 0 aromatic heterocycles. The molecule has 0 spiro atoms. The van der Waals surface area contributed by atoms with Crippen LogP contribution in [-0.4, -0.2) is 53.4 Å². The molecule has 2 unspecified atom stereocenters. The second-order valence-electron chi connectivity index (χ2n) is 10.3. The molecule has 3 rings (SSSR count). The van der Waals surface area contributed by atoms with Crippen LogP contribution in [0.25, 0.3) is 0 Å². The van der Waals surface area contributed by atoms with Crippen molar-refractivity contribution in [3.8, 4) is 5.75 Å². The minimum atomic E-state index is -0.958. The van der Waals surface area contributed by atoms with Gasteiger partial charge in [0.05, 0.1) is 7.11 Å². The highest BCUT2D eigenvalue weighted by atomic mass is 32.1. The largest absolute Gasteiger partial charge is 0.497 e. The van der Waals surface area contributed by atoms with E-state index in [4.69, 9.17) is 9.47 Å². The third kappa shape index (κ3) is 7.41. The Morgan fingerprint density at radius 3 is 2.27 bits per heavy atom. The zero-order valence-corrected chi connectivity index (χ0v) is 23.2. The summed E-state index contributed by atoms with van der Waals surface area (Å²) in [5, 5.41) is 5.61. The van der Waals surface area contributed by atoms with Crippen LogP contribution in [0.1, 0.15) is 56.3 Å². The molecule has 37 heavy (non-hydrogen) atoms. The monoisotopic (exact) mass is 527 g/mol. The number of rotatable bonds is 9. The zero-order valence-electron chi connectivity index (χ0n) is 22.3. The molecule has 1 aliphatic rings. The predicted molar refractivity (Wildman–Crippen MR) is 147 cm³/mol. The van der Waals surface area contributed by atoms with Crippen molar-refractivity contribution in [2.75, 3.05) is 18.2 Å². The average molecular weight is 528 g/mol. The van der Waals surface area contributed by atoms with Gasteiger partial charge in [-0.15, -0.1) is 0 Å². The van der Waals surface area contributed by atoms with Crippen LogP contribution in [0, 0.1) is 13.8 Å². The van der Waals surface area contributed by atoms with E-state index in [2.05, 4.69) is 23.3 Å². The number of anilines is 1. The number of carbonyl (C=O) groups is 3. The molecule has 0 bridgehead atoms. The molecule has 3 amide bonds. The molecule has 200 valence electrons. The fraction of sp³-hybridized carbons (Fsp3) is 0.464. The Hall–Kier alpha value is -3.20. The van der Waals surface area contributed by atoms with Crippen LogP contribution in [0.4, 0.5) is 10.5 Å². The summed E-state index contributed by atoms with van der Waals surface area (Å²) in [7, 11) is 1.58. The van der Waals surface area contributed by atoms with Crippen LogP contribution in [0.2, 0.25) is 0 Å². The second-order valence-corrected chi connectivity index (χ2v) is 10.6. The highest BCUT2D eigenvalue weighted by Gasteiger charge is 2.44. The molecule has 1 aliphatic carbocycles. The Kier molecular flexibility index (Phi) is 9.12. The Morgan fingerprint density at radius 1 is 1.08 bits per heavy atom. The van der Waals surface area contributed by atoms with E-state index in [0.717, 1.165) is 29.5 Å². The number of alkyl carbamates (subject to hydrolysis) is 1. The highest BCUT2D eigenvalue weighted by molar-refractivity contribution is 7.80. The number of carbonyl (C=O) groups excluding carboxylic acids is 3. The van der Waals surface area contributed by atoms with Gasteiger partial charge in [-0.1, -0.05) is 18.2 Å². The van der Waals surface area contributed by atoms with Gasteiger partial charge in [0.25, 0.3) is 5.91 Å². The first kappa shape index (κ1) is 28.4. The predicted octanol–water partition coefficient (Wildman–Crippen LogP) is 4.81. The van der Waals surface area contributed by atoms with E-state index in [0.29, 0.717) is 11.4 Å². The summed E-state index contributed by atoms with van der Waals surface area (Å²) in [5.74, 6) is 0.0122. The molecule has 2 aromatic rings. The van der Waals surface area contributed by atoms with Crippen LogP contribution in [0.3, 0.4) is 0 Å². The molecule has 0 aliphatic heterocycles. The third-order valence-electron chi connectivity index (χ3n) is 6.19. The van der Waals surface area contributed by atoms with Crippen molar-refractivity contribution in [1.82, 2.24) is 10.2 Å². The van der Waals surface area contributed by atoms with Crippen LogP contribution >= 0.6 is 12.6 Å². The highest BCUT2D eigenvalue weighted by Crippen LogP contribution is 2.37. The summed E-state index contributed by atoms with van der Waals surface area (Å²) in [4.78, 5) is 41.9. The van der Waals surface area contributed by atoms with Gasteiger partial charge in [0.2, 0.25) is 5.91 Å². The molecule has 2 aromatic carbocycles. The first-order valence-corrected chi connectivity index (χ1v) is 13.0. The van der Waals surface area contributed by atoms with Crippen molar-refractivity contribution in [2.24, 2.45) is 0 Å². The molecule has 9 heteroatoms. The van der Waals surface area contributed by atoms with E-state index in [1.807, 2.05) is 32.0 Å². The van der Waals surface area contributed by atoms with E-state index in [1.54, 1.807) is 57.0 Å². The molecular weight excluding hydrogens is 490 g/mol. The first-order chi connectivity index (χ1) is 17.4. The van der Waals surface area contributed by atoms with Gasteiger partial charge < -0.3 is 25.0 Å². The van der Waals surface area contributed by atoms with E-state index in [9.17, 15) is 14.4 Å². The normalized spacial score (nSPS) is 14.8. The van der Waals surface area contributed by atoms with Gasteiger partial charge in [-0.05, 0) is 88.4 Å². The van der Waals surface area contributed by atoms with Gasteiger partial charge in [-0.2, -0.15) is 12.6 Å². The number of amides is 3.